The van der Waals surface area contributed by atoms with Crippen LogP contribution >= 0.6 is 0 Å². The van der Waals surface area contributed by atoms with Gasteiger partial charge in [0.25, 0.3) is 10.0 Å². The van der Waals surface area contributed by atoms with Crippen LogP contribution in [0, 0.1) is 0 Å². The number of anilines is 1. The molecule has 1 N–H and O–H groups in total. The van der Waals surface area contributed by atoms with E-state index in [1.807, 2.05) is 30.3 Å². The Kier molecular flexibility index (Phi) is 5.64. The van der Waals surface area contributed by atoms with Gasteiger partial charge in [0.05, 0.1) is 12.3 Å². The second kappa shape index (κ2) is 8.91. The van der Waals surface area contributed by atoms with E-state index in [0.29, 0.717) is 35.2 Å². The number of hydrogen-bond acceptors (Lipinski definition) is 7. The molecule has 0 radical (unpaired) electrons. The van der Waals surface area contributed by atoms with Gasteiger partial charge in [-0.25, -0.2) is 8.42 Å². The lowest BCUT2D eigenvalue weighted by molar-refractivity contribution is 0.331. The van der Waals surface area contributed by atoms with Crippen molar-refractivity contribution in [1.29, 1.82) is 0 Å². The Morgan fingerprint density at radius 3 is 2.62 bits per heavy atom. The quantitative estimate of drug-likeness (QED) is 0.380. The molecule has 0 aliphatic heterocycles. The summed E-state index contributed by atoms with van der Waals surface area (Å²) < 4.78 is 35.9. The largest absolute Gasteiger partial charge is 0.492 e. The second-order valence-electron chi connectivity index (χ2n) is 7.32. The molecule has 170 valence electrons. The standard InChI is InChI=1S/C24H20N6O3S/c1-2-33-21-10-3-4-11-22(21)34(31,32)29-19-9-5-7-17(15-19)20-12-13-23-26-27-24(30(23)28-20)18-8-6-14-25-16-18/h3-16,29H,2H2,1H3. The Morgan fingerprint density at radius 1 is 0.941 bits per heavy atom. The molecule has 0 amide bonds. The number of aromatic nitrogens is 5. The van der Waals surface area contributed by atoms with Crippen LogP contribution < -0.4 is 9.46 Å². The Balaban J connectivity index is 1.49. The monoisotopic (exact) mass is 472 g/mol. The van der Waals surface area contributed by atoms with E-state index < -0.39 is 10.0 Å². The van der Waals surface area contributed by atoms with Crippen LogP contribution in [0.1, 0.15) is 6.92 Å². The first kappa shape index (κ1) is 21.5. The fraction of sp³-hybridized carbons (Fsp3) is 0.0833. The number of rotatable bonds is 7. The lowest BCUT2D eigenvalue weighted by Crippen LogP contribution is -2.14. The van der Waals surface area contributed by atoms with Gasteiger partial charge in [0.2, 0.25) is 0 Å². The number of sulfonamides is 1. The van der Waals surface area contributed by atoms with Gasteiger partial charge in [-0.3, -0.25) is 9.71 Å². The van der Waals surface area contributed by atoms with Gasteiger partial charge in [0.1, 0.15) is 10.6 Å². The molecule has 34 heavy (non-hydrogen) atoms. The van der Waals surface area contributed by atoms with Crippen LogP contribution in [-0.4, -0.2) is 39.8 Å². The molecule has 0 saturated carbocycles. The van der Waals surface area contributed by atoms with E-state index >= 15 is 0 Å². The Bertz CT molecular complexity index is 1570. The molecule has 0 atom stereocenters. The topological polar surface area (TPSA) is 111 Å². The summed E-state index contributed by atoms with van der Waals surface area (Å²) in [6.07, 6.45) is 3.38. The molecule has 0 aliphatic rings. The molecule has 0 saturated heterocycles. The third-order valence-corrected chi connectivity index (χ3v) is 6.45. The van der Waals surface area contributed by atoms with E-state index in [9.17, 15) is 8.42 Å². The van der Waals surface area contributed by atoms with Crippen molar-refractivity contribution in [3.63, 3.8) is 0 Å². The highest BCUT2D eigenvalue weighted by Crippen LogP contribution is 2.28. The molecular formula is C24H20N6O3S. The summed E-state index contributed by atoms with van der Waals surface area (Å²) in [5.74, 6) is 0.866. The molecule has 3 aromatic heterocycles. The zero-order valence-electron chi connectivity index (χ0n) is 18.2. The Hall–Kier alpha value is -4.31. The van der Waals surface area contributed by atoms with E-state index in [2.05, 4.69) is 25.0 Å². The van der Waals surface area contributed by atoms with Gasteiger partial charge in [-0.2, -0.15) is 9.61 Å². The van der Waals surface area contributed by atoms with E-state index in [0.717, 1.165) is 11.1 Å². The zero-order valence-corrected chi connectivity index (χ0v) is 19.0. The average molecular weight is 473 g/mol. The lowest BCUT2D eigenvalue weighted by atomic mass is 10.1. The first-order valence-electron chi connectivity index (χ1n) is 10.5. The summed E-state index contributed by atoms with van der Waals surface area (Å²) in [6.45, 7) is 2.17. The van der Waals surface area contributed by atoms with Crippen LogP contribution in [0.5, 0.6) is 5.75 Å². The van der Waals surface area contributed by atoms with Crippen LogP contribution in [0.2, 0.25) is 0 Å². The minimum absolute atomic E-state index is 0.0763. The fourth-order valence-corrected chi connectivity index (χ4v) is 4.71. The zero-order chi connectivity index (χ0) is 23.5. The minimum Gasteiger partial charge on any atom is -0.492 e. The molecule has 5 aromatic rings. The van der Waals surface area contributed by atoms with Gasteiger partial charge in [0.15, 0.2) is 11.5 Å². The highest BCUT2D eigenvalue weighted by atomic mass is 32.2. The van der Waals surface area contributed by atoms with Crippen LogP contribution in [-0.2, 0) is 10.0 Å². The summed E-state index contributed by atoms with van der Waals surface area (Å²) >= 11 is 0. The Labute approximate surface area is 196 Å². The number of ether oxygens (including phenoxy) is 1. The molecule has 2 aromatic carbocycles. The predicted molar refractivity (Wildman–Crippen MR) is 128 cm³/mol. The summed E-state index contributed by atoms with van der Waals surface area (Å²) in [7, 11) is -3.86. The van der Waals surface area contributed by atoms with Crippen molar-refractivity contribution in [2.24, 2.45) is 0 Å². The summed E-state index contributed by atoms with van der Waals surface area (Å²) in [4.78, 5) is 4.21. The molecule has 10 heteroatoms. The number of para-hydroxylation sites is 1. The molecule has 0 fully saturated rings. The molecule has 0 spiro atoms. The number of benzene rings is 2. The van der Waals surface area contributed by atoms with Crippen molar-refractivity contribution in [3.05, 3.63) is 85.2 Å². The lowest BCUT2D eigenvalue weighted by Gasteiger charge is -2.13. The van der Waals surface area contributed by atoms with Gasteiger partial charge in [0, 0.05) is 29.2 Å². The number of nitrogens with one attached hydrogen (secondary N) is 1. The maximum Gasteiger partial charge on any atom is 0.265 e. The molecule has 0 aliphatic carbocycles. The highest BCUT2D eigenvalue weighted by Gasteiger charge is 2.20. The maximum absolute atomic E-state index is 13.1. The molecule has 0 unspecified atom stereocenters. The van der Waals surface area contributed by atoms with E-state index in [1.165, 1.54) is 6.07 Å². The van der Waals surface area contributed by atoms with Crippen molar-refractivity contribution in [1.82, 2.24) is 24.8 Å². The van der Waals surface area contributed by atoms with Crippen molar-refractivity contribution in [2.45, 2.75) is 11.8 Å². The highest BCUT2D eigenvalue weighted by molar-refractivity contribution is 7.92. The van der Waals surface area contributed by atoms with Crippen molar-refractivity contribution >= 4 is 21.4 Å². The van der Waals surface area contributed by atoms with Gasteiger partial charge in [-0.1, -0.05) is 24.3 Å². The number of pyridine rings is 1. The van der Waals surface area contributed by atoms with Gasteiger partial charge >= 0.3 is 0 Å². The van der Waals surface area contributed by atoms with Gasteiger partial charge in [-0.15, -0.1) is 10.2 Å². The van der Waals surface area contributed by atoms with Crippen molar-refractivity contribution in [2.75, 3.05) is 11.3 Å². The van der Waals surface area contributed by atoms with E-state index in [1.54, 1.807) is 60.2 Å². The van der Waals surface area contributed by atoms with Gasteiger partial charge in [-0.05, 0) is 55.5 Å². The predicted octanol–water partition coefficient (Wildman–Crippen LogP) is 4.05. The summed E-state index contributed by atoms with van der Waals surface area (Å²) in [6, 6.07) is 20.9. The number of nitrogens with zero attached hydrogens (tertiary/aromatic N) is 5. The minimum atomic E-state index is -3.86. The molecule has 9 nitrogen and oxygen atoms in total. The third-order valence-electron chi connectivity index (χ3n) is 5.03. The maximum atomic E-state index is 13.1. The van der Waals surface area contributed by atoms with Crippen LogP contribution in [0.3, 0.4) is 0 Å². The van der Waals surface area contributed by atoms with E-state index in [-0.39, 0.29) is 4.90 Å². The SMILES string of the molecule is CCOc1ccccc1S(=O)(=O)Nc1cccc(-c2ccc3nnc(-c4cccnc4)n3n2)c1. The first-order chi connectivity index (χ1) is 16.5. The third kappa shape index (κ3) is 4.18. The smallest absolute Gasteiger partial charge is 0.265 e. The van der Waals surface area contributed by atoms with E-state index in [4.69, 9.17) is 4.74 Å². The molecule has 0 bridgehead atoms. The van der Waals surface area contributed by atoms with Gasteiger partial charge < -0.3 is 4.74 Å². The second-order valence-corrected chi connectivity index (χ2v) is 8.97. The first-order valence-corrected chi connectivity index (χ1v) is 12.0. The Morgan fingerprint density at radius 2 is 1.79 bits per heavy atom. The normalized spacial score (nSPS) is 11.4. The molecular weight excluding hydrogens is 452 g/mol. The van der Waals surface area contributed by atoms with Crippen LogP contribution in [0.25, 0.3) is 28.3 Å². The van der Waals surface area contributed by atoms with Crippen LogP contribution in [0.4, 0.5) is 5.69 Å². The molecule has 5 rings (SSSR count). The van der Waals surface area contributed by atoms with Crippen molar-refractivity contribution < 1.29 is 13.2 Å². The van der Waals surface area contributed by atoms with Crippen LogP contribution in [0.15, 0.2) is 90.1 Å². The summed E-state index contributed by atoms with van der Waals surface area (Å²) in [5, 5.41) is 13.1. The average Bonchev–Trinajstić information content (AvgIpc) is 3.28. The number of fused-ring (bicyclic) bond motifs is 1. The molecule has 3 heterocycles. The van der Waals surface area contributed by atoms with Crippen molar-refractivity contribution in [3.8, 4) is 28.4 Å². The fourth-order valence-electron chi connectivity index (χ4n) is 3.52. The number of hydrogen-bond donors (Lipinski definition) is 1. The summed E-state index contributed by atoms with van der Waals surface area (Å²) in [5.41, 5.74) is 3.14.